The largest absolute Gasteiger partial charge is 0.481 e. The summed E-state index contributed by atoms with van der Waals surface area (Å²) in [5, 5.41) is 2.94. The van der Waals surface area contributed by atoms with E-state index in [0.717, 1.165) is 22.6 Å². The molecule has 3 nitrogen and oxygen atoms in total. The predicted molar refractivity (Wildman–Crippen MR) is 101 cm³/mol. The summed E-state index contributed by atoms with van der Waals surface area (Å²) in [6.07, 6.45) is -0.508. The molecule has 0 aromatic heterocycles. The number of aryl methyl sites for hydroxylation is 2. The Morgan fingerprint density at radius 3 is 2.58 bits per heavy atom. The number of rotatable bonds is 7. The number of amides is 1. The van der Waals surface area contributed by atoms with Crippen molar-refractivity contribution in [2.45, 2.75) is 38.7 Å². The zero-order chi connectivity index (χ0) is 17.5. The zero-order valence-corrected chi connectivity index (χ0v) is 15.6. The second-order valence-electron chi connectivity index (χ2n) is 5.92. The quantitative estimate of drug-likeness (QED) is 0.602. The Morgan fingerprint density at radius 2 is 1.88 bits per heavy atom. The molecule has 0 aliphatic heterocycles. The van der Waals surface area contributed by atoms with Crippen molar-refractivity contribution in [1.82, 2.24) is 5.32 Å². The normalized spacial score (nSPS) is 11.8. The first-order valence-corrected chi connectivity index (χ1v) is 9.16. The van der Waals surface area contributed by atoms with Crippen LogP contribution in [-0.4, -0.2) is 24.3 Å². The molecule has 1 amide bonds. The second-order valence-corrected chi connectivity index (χ2v) is 7.09. The standard InChI is InChI=1S/C20H25NO2S/c1-14-12-15(2)16(3)19(13-14)23-17(4)20(22)21-10-11-24-18-8-6-5-7-9-18/h5-9,12-13,17H,10-11H2,1-4H3,(H,21,22). The van der Waals surface area contributed by atoms with E-state index in [2.05, 4.69) is 30.4 Å². The van der Waals surface area contributed by atoms with Crippen molar-refractivity contribution >= 4 is 17.7 Å². The van der Waals surface area contributed by atoms with Gasteiger partial charge in [-0.2, -0.15) is 0 Å². The molecule has 0 fully saturated rings. The van der Waals surface area contributed by atoms with E-state index in [0.29, 0.717) is 6.54 Å². The van der Waals surface area contributed by atoms with Gasteiger partial charge in [-0.1, -0.05) is 24.3 Å². The molecule has 128 valence electrons. The minimum Gasteiger partial charge on any atom is -0.481 e. The lowest BCUT2D eigenvalue weighted by Gasteiger charge is -2.18. The van der Waals surface area contributed by atoms with E-state index < -0.39 is 6.10 Å². The summed E-state index contributed by atoms with van der Waals surface area (Å²) in [4.78, 5) is 13.4. The zero-order valence-electron chi connectivity index (χ0n) is 14.8. The lowest BCUT2D eigenvalue weighted by molar-refractivity contribution is -0.127. The molecule has 0 heterocycles. The van der Waals surface area contributed by atoms with E-state index in [1.165, 1.54) is 10.5 Å². The maximum atomic E-state index is 12.2. The van der Waals surface area contributed by atoms with Crippen LogP contribution in [0, 0.1) is 20.8 Å². The van der Waals surface area contributed by atoms with Crippen LogP contribution in [0.5, 0.6) is 5.75 Å². The summed E-state index contributed by atoms with van der Waals surface area (Å²) < 4.78 is 5.87. The van der Waals surface area contributed by atoms with Crippen LogP contribution in [-0.2, 0) is 4.79 Å². The fourth-order valence-electron chi connectivity index (χ4n) is 2.37. The number of carbonyl (C=O) groups is 1. The summed E-state index contributed by atoms with van der Waals surface area (Å²) >= 11 is 1.73. The molecule has 2 rings (SSSR count). The Kier molecular flexibility index (Phi) is 6.73. The van der Waals surface area contributed by atoms with Crippen molar-refractivity contribution in [2.24, 2.45) is 0 Å². The summed E-state index contributed by atoms with van der Waals surface area (Å²) in [7, 11) is 0. The van der Waals surface area contributed by atoms with Crippen LogP contribution < -0.4 is 10.1 Å². The molecule has 0 saturated carbocycles. The smallest absolute Gasteiger partial charge is 0.260 e. The SMILES string of the molecule is Cc1cc(C)c(C)c(OC(C)C(=O)NCCSc2ccccc2)c1. The Hall–Kier alpha value is -1.94. The highest BCUT2D eigenvalue weighted by atomic mass is 32.2. The van der Waals surface area contributed by atoms with Crippen molar-refractivity contribution in [3.8, 4) is 5.75 Å². The van der Waals surface area contributed by atoms with E-state index in [1.54, 1.807) is 18.7 Å². The van der Waals surface area contributed by atoms with E-state index in [1.807, 2.05) is 38.1 Å². The minimum absolute atomic E-state index is 0.0813. The molecule has 2 aromatic carbocycles. The predicted octanol–water partition coefficient (Wildman–Crippen LogP) is 4.29. The highest BCUT2D eigenvalue weighted by Crippen LogP contribution is 2.24. The number of thioether (sulfide) groups is 1. The molecular weight excluding hydrogens is 318 g/mol. The number of nitrogens with one attached hydrogen (secondary N) is 1. The van der Waals surface area contributed by atoms with Gasteiger partial charge in [0.05, 0.1) is 0 Å². The molecule has 1 unspecified atom stereocenters. The molecule has 2 aromatic rings. The summed E-state index contributed by atoms with van der Waals surface area (Å²) in [6.45, 7) is 8.52. The number of hydrogen-bond acceptors (Lipinski definition) is 3. The maximum Gasteiger partial charge on any atom is 0.260 e. The molecule has 4 heteroatoms. The van der Waals surface area contributed by atoms with Gasteiger partial charge in [0, 0.05) is 17.2 Å². The molecule has 0 aliphatic rings. The topological polar surface area (TPSA) is 38.3 Å². The maximum absolute atomic E-state index is 12.2. The molecular formula is C20H25NO2S. The number of benzene rings is 2. The first-order valence-electron chi connectivity index (χ1n) is 8.17. The highest BCUT2D eigenvalue weighted by molar-refractivity contribution is 7.99. The molecule has 0 saturated heterocycles. The van der Waals surface area contributed by atoms with E-state index in [4.69, 9.17) is 4.74 Å². The molecule has 0 bridgehead atoms. The van der Waals surface area contributed by atoms with Crippen LogP contribution in [0.15, 0.2) is 47.4 Å². The van der Waals surface area contributed by atoms with E-state index in [9.17, 15) is 4.79 Å². The lowest BCUT2D eigenvalue weighted by Crippen LogP contribution is -2.37. The van der Waals surface area contributed by atoms with Gasteiger partial charge in [0.2, 0.25) is 0 Å². The van der Waals surface area contributed by atoms with Crippen LogP contribution >= 0.6 is 11.8 Å². The molecule has 1 atom stereocenters. The lowest BCUT2D eigenvalue weighted by atomic mass is 10.1. The number of hydrogen-bond donors (Lipinski definition) is 1. The molecule has 24 heavy (non-hydrogen) atoms. The Morgan fingerprint density at radius 1 is 1.17 bits per heavy atom. The van der Waals surface area contributed by atoms with Crippen LogP contribution in [0.3, 0.4) is 0 Å². The van der Waals surface area contributed by atoms with Crippen LogP contribution in [0.25, 0.3) is 0 Å². The fourth-order valence-corrected chi connectivity index (χ4v) is 3.16. The summed E-state index contributed by atoms with van der Waals surface area (Å²) in [6, 6.07) is 14.3. The average Bonchev–Trinajstić information content (AvgIpc) is 2.56. The van der Waals surface area contributed by atoms with Crippen molar-refractivity contribution in [3.05, 3.63) is 59.2 Å². The van der Waals surface area contributed by atoms with Crippen LogP contribution in [0.2, 0.25) is 0 Å². The van der Waals surface area contributed by atoms with Gasteiger partial charge in [-0.05, 0) is 62.6 Å². The Labute approximate surface area is 148 Å². The molecule has 1 N–H and O–H groups in total. The Bertz CT molecular complexity index is 686. The van der Waals surface area contributed by atoms with Gasteiger partial charge in [0.1, 0.15) is 5.75 Å². The van der Waals surface area contributed by atoms with Gasteiger partial charge >= 0.3 is 0 Å². The van der Waals surface area contributed by atoms with E-state index in [-0.39, 0.29) is 5.91 Å². The van der Waals surface area contributed by atoms with Gasteiger partial charge < -0.3 is 10.1 Å². The van der Waals surface area contributed by atoms with Crippen molar-refractivity contribution in [1.29, 1.82) is 0 Å². The van der Waals surface area contributed by atoms with Crippen LogP contribution in [0.1, 0.15) is 23.6 Å². The Balaban J connectivity index is 1.80. The van der Waals surface area contributed by atoms with Gasteiger partial charge in [0.15, 0.2) is 6.10 Å². The summed E-state index contributed by atoms with van der Waals surface area (Å²) in [5.74, 6) is 1.54. The van der Waals surface area contributed by atoms with Gasteiger partial charge in [-0.3, -0.25) is 4.79 Å². The van der Waals surface area contributed by atoms with Crippen LogP contribution in [0.4, 0.5) is 0 Å². The van der Waals surface area contributed by atoms with Gasteiger partial charge in [-0.15, -0.1) is 11.8 Å². The highest BCUT2D eigenvalue weighted by Gasteiger charge is 2.16. The molecule has 0 aliphatic carbocycles. The first-order chi connectivity index (χ1) is 11.5. The van der Waals surface area contributed by atoms with Gasteiger partial charge in [0.25, 0.3) is 5.91 Å². The van der Waals surface area contributed by atoms with E-state index >= 15 is 0 Å². The average molecular weight is 343 g/mol. The first kappa shape index (κ1) is 18.4. The fraction of sp³-hybridized carbons (Fsp3) is 0.350. The molecule has 0 radical (unpaired) electrons. The third kappa shape index (κ3) is 5.31. The summed E-state index contributed by atoms with van der Waals surface area (Å²) in [5.41, 5.74) is 3.40. The van der Waals surface area contributed by atoms with Crippen molar-refractivity contribution in [3.63, 3.8) is 0 Å². The minimum atomic E-state index is -0.508. The third-order valence-corrected chi connectivity index (χ3v) is 4.86. The third-order valence-electron chi connectivity index (χ3n) is 3.85. The molecule has 0 spiro atoms. The monoisotopic (exact) mass is 343 g/mol. The van der Waals surface area contributed by atoms with Crippen molar-refractivity contribution in [2.75, 3.05) is 12.3 Å². The van der Waals surface area contributed by atoms with Crippen molar-refractivity contribution < 1.29 is 9.53 Å². The second kappa shape index (κ2) is 8.78. The number of ether oxygens (including phenoxy) is 1. The van der Waals surface area contributed by atoms with Gasteiger partial charge in [-0.25, -0.2) is 0 Å². The number of carbonyl (C=O) groups excluding carboxylic acids is 1.